The summed E-state index contributed by atoms with van der Waals surface area (Å²) >= 11 is 0. The van der Waals surface area contributed by atoms with Gasteiger partial charge in [0.2, 0.25) is 0 Å². The molecule has 0 spiro atoms. The zero-order chi connectivity index (χ0) is 28.0. The third kappa shape index (κ3) is 7.19. The molecule has 0 saturated heterocycles. The number of benzene rings is 3. The van der Waals surface area contributed by atoms with Gasteiger partial charge in [0.1, 0.15) is 18.8 Å². The molecule has 0 bridgehead atoms. The third-order valence-electron chi connectivity index (χ3n) is 6.45. The second kappa shape index (κ2) is 12.2. The maximum absolute atomic E-state index is 12.5. The summed E-state index contributed by atoms with van der Waals surface area (Å²) in [7, 11) is -1.16. The largest absolute Gasteiger partial charge is 0.412 e. The fourth-order valence-electron chi connectivity index (χ4n) is 4.24. The molecule has 1 N–H and O–H groups in total. The van der Waals surface area contributed by atoms with E-state index >= 15 is 0 Å². The van der Waals surface area contributed by atoms with Gasteiger partial charge >= 0.3 is 6.09 Å². The maximum atomic E-state index is 12.5. The first-order chi connectivity index (χ1) is 19.3. The molecule has 204 valence electrons. The van der Waals surface area contributed by atoms with Crippen LogP contribution in [0.4, 0.5) is 4.79 Å². The number of carbonyl (C=O) groups excluding carboxylic acids is 1. The number of nitrogens with zero attached hydrogens (tertiary/aromatic N) is 4. The van der Waals surface area contributed by atoms with Crippen molar-refractivity contribution >= 4 is 24.9 Å². The normalized spacial score (nSPS) is 11.5. The van der Waals surface area contributed by atoms with Crippen molar-refractivity contribution in [3.8, 4) is 28.3 Å². The first-order valence-corrected chi connectivity index (χ1v) is 17.0. The fourth-order valence-corrected chi connectivity index (χ4v) is 4.99. The SMILES string of the molecule is C[Si](C)(C)CCOCn1ncnc1-c1cncc(-c2cccc(OC(=O)NCc3ccc4ccccc4c3)c2)c1. The molecule has 5 rings (SSSR count). The van der Waals surface area contributed by atoms with Gasteiger partial charge in [0.15, 0.2) is 5.82 Å². The van der Waals surface area contributed by atoms with E-state index in [1.54, 1.807) is 23.1 Å². The van der Waals surface area contributed by atoms with Crippen LogP contribution in [0.15, 0.2) is 91.5 Å². The number of amides is 1. The van der Waals surface area contributed by atoms with E-state index in [2.05, 4.69) is 58.2 Å². The Bertz CT molecular complexity index is 1610. The molecular formula is C31H33N5O3Si. The zero-order valence-corrected chi connectivity index (χ0v) is 24.0. The van der Waals surface area contributed by atoms with Crippen LogP contribution in [0.2, 0.25) is 25.7 Å². The van der Waals surface area contributed by atoms with E-state index in [0.29, 0.717) is 31.5 Å². The van der Waals surface area contributed by atoms with Gasteiger partial charge < -0.3 is 14.8 Å². The summed E-state index contributed by atoms with van der Waals surface area (Å²) in [5.41, 5.74) is 3.56. The van der Waals surface area contributed by atoms with Crippen molar-refractivity contribution in [2.45, 2.75) is 39.0 Å². The van der Waals surface area contributed by atoms with Gasteiger partial charge in [-0.15, -0.1) is 0 Å². The Morgan fingerprint density at radius 1 is 0.900 bits per heavy atom. The molecule has 0 aliphatic rings. The number of ether oxygens (including phenoxy) is 2. The molecule has 8 nitrogen and oxygen atoms in total. The standard InChI is InChI=1S/C31H33N5O3Si/c1-40(2,3)14-13-38-22-36-30(34-21-35-36)28-16-27(19-32-20-28)26-9-6-10-29(17-26)39-31(37)33-18-23-11-12-24-7-4-5-8-25(24)15-23/h4-12,15-17,19-21H,13-14,18,22H2,1-3H3,(H,33,37). The molecule has 0 atom stereocenters. The van der Waals surface area contributed by atoms with Gasteiger partial charge in [-0.25, -0.2) is 14.5 Å². The molecule has 0 aliphatic carbocycles. The molecule has 0 saturated carbocycles. The number of hydrogen-bond acceptors (Lipinski definition) is 6. The Labute approximate surface area is 235 Å². The van der Waals surface area contributed by atoms with Crippen molar-refractivity contribution in [3.63, 3.8) is 0 Å². The van der Waals surface area contributed by atoms with Crippen molar-refractivity contribution in [2.24, 2.45) is 0 Å². The van der Waals surface area contributed by atoms with Crippen molar-refractivity contribution < 1.29 is 14.3 Å². The number of fused-ring (bicyclic) bond motifs is 1. The number of aromatic nitrogens is 4. The Balaban J connectivity index is 1.22. The van der Waals surface area contributed by atoms with Crippen LogP contribution in [0.3, 0.4) is 0 Å². The highest BCUT2D eigenvalue weighted by atomic mass is 28.3. The van der Waals surface area contributed by atoms with Crippen LogP contribution in [-0.2, 0) is 18.0 Å². The van der Waals surface area contributed by atoms with Crippen LogP contribution in [0.25, 0.3) is 33.3 Å². The van der Waals surface area contributed by atoms with Gasteiger partial charge in [-0.05, 0) is 52.2 Å². The lowest BCUT2D eigenvalue weighted by molar-refractivity contribution is 0.0796. The Kier molecular flexibility index (Phi) is 8.33. The Morgan fingerprint density at radius 3 is 2.58 bits per heavy atom. The van der Waals surface area contributed by atoms with E-state index in [1.165, 1.54) is 6.33 Å². The van der Waals surface area contributed by atoms with Crippen LogP contribution in [0.1, 0.15) is 5.56 Å². The molecule has 3 aromatic carbocycles. The smallest absolute Gasteiger partial charge is 0.410 e. The minimum absolute atomic E-state index is 0.335. The molecule has 0 fully saturated rings. The molecule has 1 amide bonds. The third-order valence-corrected chi connectivity index (χ3v) is 8.15. The van der Waals surface area contributed by atoms with E-state index in [1.807, 2.05) is 48.5 Å². The predicted molar refractivity (Wildman–Crippen MR) is 160 cm³/mol. The van der Waals surface area contributed by atoms with Gasteiger partial charge in [0.25, 0.3) is 0 Å². The van der Waals surface area contributed by atoms with E-state index in [-0.39, 0.29) is 0 Å². The minimum Gasteiger partial charge on any atom is -0.410 e. The highest BCUT2D eigenvalue weighted by Gasteiger charge is 2.14. The highest BCUT2D eigenvalue weighted by molar-refractivity contribution is 6.76. The van der Waals surface area contributed by atoms with Crippen LogP contribution >= 0.6 is 0 Å². The Morgan fingerprint density at radius 2 is 1.73 bits per heavy atom. The van der Waals surface area contributed by atoms with E-state index < -0.39 is 14.2 Å². The van der Waals surface area contributed by atoms with E-state index in [4.69, 9.17) is 9.47 Å². The van der Waals surface area contributed by atoms with Crippen molar-refractivity contribution in [2.75, 3.05) is 6.61 Å². The molecule has 0 aliphatic heterocycles. The minimum atomic E-state index is -1.16. The summed E-state index contributed by atoms with van der Waals surface area (Å²) in [5, 5.41) is 9.46. The summed E-state index contributed by atoms with van der Waals surface area (Å²) < 4.78 is 13.2. The van der Waals surface area contributed by atoms with Crippen molar-refractivity contribution in [1.29, 1.82) is 0 Å². The predicted octanol–water partition coefficient (Wildman–Crippen LogP) is 6.76. The van der Waals surface area contributed by atoms with Gasteiger partial charge in [0, 0.05) is 44.7 Å². The lowest BCUT2D eigenvalue weighted by Crippen LogP contribution is -2.26. The number of nitrogens with one attached hydrogen (secondary N) is 1. The van der Waals surface area contributed by atoms with Gasteiger partial charge in [-0.2, -0.15) is 5.10 Å². The summed E-state index contributed by atoms with van der Waals surface area (Å²) in [4.78, 5) is 21.4. The molecule has 2 aromatic heterocycles. The lowest BCUT2D eigenvalue weighted by atomic mass is 10.1. The quantitative estimate of drug-likeness (QED) is 0.152. The maximum Gasteiger partial charge on any atom is 0.412 e. The summed E-state index contributed by atoms with van der Waals surface area (Å²) in [6.45, 7) is 8.39. The lowest BCUT2D eigenvalue weighted by Gasteiger charge is -2.15. The fraction of sp³-hybridized carbons (Fsp3) is 0.226. The van der Waals surface area contributed by atoms with Crippen LogP contribution in [-0.4, -0.2) is 40.5 Å². The van der Waals surface area contributed by atoms with Crippen molar-refractivity contribution in [3.05, 3.63) is 97.1 Å². The number of pyridine rings is 1. The molecule has 0 unspecified atom stereocenters. The van der Waals surface area contributed by atoms with Crippen molar-refractivity contribution in [1.82, 2.24) is 25.1 Å². The molecule has 40 heavy (non-hydrogen) atoms. The highest BCUT2D eigenvalue weighted by Crippen LogP contribution is 2.27. The Hall–Kier alpha value is -4.34. The molecule has 9 heteroatoms. The molecule has 2 heterocycles. The first-order valence-electron chi connectivity index (χ1n) is 13.3. The topological polar surface area (TPSA) is 91.2 Å². The van der Waals surface area contributed by atoms with Crippen LogP contribution in [0.5, 0.6) is 5.75 Å². The molecule has 5 aromatic rings. The van der Waals surface area contributed by atoms with E-state index in [9.17, 15) is 4.79 Å². The summed E-state index contributed by atoms with van der Waals surface area (Å²) in [6, 6.07) is 24.7. The average Bonchev–Trinajstić information content (AvgIpc) is 3.42. The molecular weight excluding hydrogens is 518 g/mol. The first kappa shape index (κ1) is 27.2. The number of carbonyl (C=O) groups is 1. The summed E-state index contributed by atoms with van der Waals surface area (Å²) in [6.07, 6.45) is 4.54. The van der Waals surface area contributed by atoms with Gasteiger partial charge in [0.05, 0.1) is 0 Å². The summed E-state index contributed by atoms with van der Waals surface area (Å²) in [5.74, 6) is 1.13. The van der Waals surface area contributed by atoms with E-state index in [0.717, 1.165) is 39.1 Å². The monoisotopic (exact) mass is 551 g/mol. The van der Waals surface area contributed by atoms with Crippen LogP contribution < -0.4 is 10.1 Å². The number of hydrogen-bond donors (Lipinski definition) is 1. The second-order valence-corrected chi connectivity index (χ2v) is 16.5. The average molecular weight is 552 g/mol. The zero-order valence-electron chi connectivity index (χ0n) is 23.0. The van der Waals surface area contributed by atoms with Gasteiger partial charge in [-0.1, -0.05) is 68.2 Å². The van der Waals surface area contributed by atoms with Gasteiger partial charge in [-0.3, -0.25) is 4.98 Å². The second-order valence-electron chi connectivity index (χ2n) is 10.8. The van der Waals surface area contributed by atoms with Crippen LogP contribution in [0, 0.1) is 0 Å². The number of rotatable bonds is 10. The molecule has 0 radical (unpaired) electrons.